The summed E-state index contributed by atoms with van der Waals surface area (Å²) in [7, 11) is 1.51. The summed E-state index contributed by atoms with van der Waals surface area (Å²) >= 11 is 0. The van der Waals surface area contributed by atoms with Gasteiger partial charge >= 0.3 is 0 Å². The molecule has 0 saturated heterocycles. The van der Waals surface area contributed by atoms with Crippen molar-refractivity contribution in [1.29, 1.82) is 0 Å². The molecule has 0 spiro atoms. The molecule has 2 unspecified atom stereocenters. The van der Waals surface area contributed by atoms with Gasteiger partial charge in [0.15, 0.2) is 5.78 Å². The third-order valence-corrected chi connectivity index (χ3v) is 4.04. The van der Waals surface area contributed by atoms with Crippen LogP contribution in [0.2, 0.25) is 0 Å². The third-order valence-electron chi connectivity index (χ3n) is 4.04. The standard InChI is InChI=1S/C14H15FO2/c1-17-13-3-2-11(15)7-12(13)14(16)10-5-8-4-9(8)6-10/h2-3,7-10H,4-6H2,1H3. The smallest absolute Gasteiger partial charge is 0.169 e. The second-order valence-electron chi connectivity index (χ2n) is 5.13. The number of hydrogen-bond acceptors (Lipinski definition) is 2. The van der Waals surface area contributed by atoms with Crippen molar-refractivity contribution in [3.63, 3.8) is 0 Å². The van der Waals surface area contributed by atoms with E-state index in [1.54, 1.807) is 0 Å². The highest BCUT2D eigenvalue weighted by Gasteiger charge is 2.48. The fourth-order valence-electron chi connectivity index (χ4n) is 3.02. The number of Topliss-reactive ketones (excluding diaryl/α,β-unsaturated/α-hetero) is 1. The fraction of sp³-hybridized carbons (Fsp3) is 0.500. The van der Waals surface area contributed by atoms with Crippen molar-refractivity contribution in [3.8, 4) is 5.75 Å². The van der Waals surface area contributed by atoms with E-state index in [9.17, 15) is 9.18 Å². The van der Waals surface area contributed by atoms with Crippen LogP contribution in [0.5, 0.6) is 5.75 Å². The van der Waals surface area contributed by atoms with Gasteiger partial charge in [0.2, 0.25) is 0 Å². The highest BCUT2D eigenvalue weighted by Crippen LogP contribution is 2.55. The summed E-state index contributed by atoms with van der Waals surface area (Å²) in [5, 5.41) is 0. The lowest BCUT2D eigenvalue weighted by Crippen LogP contribution is -2.14. The van der Waals surface area contributed by atoms with E-state index in [1.165, 1.54) is 31.7 Å². The molecule has 2 atom stereocenters. The zero-order valence-corrected chi connectivity index (χ0v) is 9.78. The average Bonchev–Trinajstić information content (AvgIpc) is 2.95. The summed E-state index contributed by atoms with van der Waals surface area (Å²) in [5.41, 5.74) is 0.402. The summed E-state index contributed by atoms with van der Waals surface area (Å²) < 4.78 is 18.3. The second kappa shape index (κ2) is 3.83. The van der Waals surface area contributed by atoms with Crippen LogP contribution in [0.25, 0.3) is 0 Å². The van der Waals surface area contributed by atoms with Gasteiger partial charge in [-0.2, -0.15) is 0 Å². The molecule has 3 heteroatoms. The van der Waals surface area contributed by atoms with Gasteiger partial charge in [0, 0.05) is 5.92 Å². The molecule has 1 aromatic rings. The summed E-state index contributed by atoms with van der Waals surface area (Å²) in [6.07, 6.45) is 3.23. The van der Waals surface area contributed by atoms with Crippen LogP contribution >= 0.6 is 0 Å². The predicted molar refractivity (Wildman–Crippen MR) is 61.6 cm³/mol. The molecule has 0 N–H and O–H groups in total. The molecule has 2 saturated carbocycles. The molecule has 0 bridgehead atoms. The Morgan fingerprint density at radius 2 is 2.00 bits per heavy atom. The number of rotatable bonds is 3. The van der Waals surface area contributed by atoms with E-state index < -0.39 is 0 Å². The summed E-state index contributed by atoms with van der Waals surface area (Å²) in [6.45, 7) is 0. The molecule has 0 aliphatic heterocycles. The van der Waals surface area contributed by atoms with Crippen LogP contribution in [0.3, 0.4) is 0 Å². The largest absolute Gasteiger partial charge is 0.496 e. The van der Waals surface area contributed by atoms with E-state index >= 15 is 0 Å². The van der Waals surface area contributed by atoms with Gasteiger partial charge in [-0.3, -0.25) is 4.79 Å². The number of ether oxygens (including phenoxy) is 1. The Kier molecular flexibility index (Phi) is 2.42. The number of hydrogen-bond donors (Lipinski definition) is 0. The number of halogens is 1. The average molecular weight is 234 g/mol. The number of carbonyl (C=O) groups is 1. The minimum absolute atomic E-state index is 0.0496. The Hall–Kier alpha value is -1.38. The monoisotopic (exact) mass is 234 g/mol. The van der Waals surface area contributed by atoms with Gasteiger partial charge in [-0.25, -0.2) is 4.39 Å². The molecule has 2 aliphatic carbocycles. The lowest BCUT2D eigenvalue weighted by atomic mass is 9.93. The van der Waals surface area contributed by atoms with E-state index in [2.05, 4.69) is 0 Å². The van der Waals surface area contributed by atoms with Crippen molar-refractivity contribution in [3.05, 3.63) is 29.6 Å². The van der Waals surface area contributed by atoms with Crippen LogP contribution in [0.4, 0.5) is 4.39 Å². The first-order valence-electron chi connectivity index (χ1n) is 6.07. The molecule has 2 aliphatic rings. The minimum atomic E-state index is -0.377. The molecule has 0 heterocycles. The van der Waals surface area contributed by atoms with E-state index in [1.807, 2.05) is 0 Å². The Morgan fingerprint density at radius 3 is 2.65 bits per heavy atom. The van der Waals surface area contributed by atoms with Crippen molar-refractivity contribution in [2.75, 3.05) is 7.11 Å². The van der Waals surface area contributed by atoms with Crippen LogP contribution in [0.1, 0.15) is 29.6 Å². The van der Waals surface area contributed by atoms with Gasteiger partial charge in [-0.05, 0) is 49.3 Å². The van der Waals surface area contributed by atoms with Crippen molar-refractivity contribution < 1.29 is 13.9 Å². The molecule has 1 aromatic carbocycles. The summed E-state index contributed by atoms with van der Waals surface area (Å²) in [5.74, 6) is 1.74. The Bertz CT molecular complexity index is 459. The molecule has 0 amide bonds. The van der Waals surface area contributed by atoms with Gasteiger partial charge in [-0.15, -0.1) is 0 Å². The van der Waals surface area contributed by atoms with Crippen molar-refractivity contribution in [2.45, 2.75) is 19.3 Å². The number of fused-ring (bicyclic) bond motifs is 1. The lowest BCUT2D eigenvalue weighted by molar-refractivity contribution is 0.0911. The van der Waals surface area contributed by atoms with Gasteiger partial charge < -0.3 is 4.74 Å². The molecule has 2 fully saturated rings. The Morgan fingerprint density at radius 1 is 1.29 bits per heavy atom. The van der Waals surface area contributed by atoms with Crippen molar-refractivity contribution >= 4 is 5.78 Å². The van der Waals surface area contributed by atoms with Crippen LogP contribution in [-0.2, 0) is 0 Å². The molecule has 0 aromatic heterocycles. The summed E-state index contributed by atoms with van der Waals surface area (Å²) in [4.78, 5) is 12.3. The highest BCUT2D eigenvalue weighted by atomic mass is 19.1. The zero-order valence-electron chi connectivity index (χ0n) is 9.78. The van der Waals surface area contributed by atoms with Crippen molar-refractivity contribution in [2.24, 2.45) is 17.8 Å². The van der Waals surface area contributed by atoms with Crippen molar-refractivity contribution in [1.82, 2.24) is 0 Å². The van der Waals surface area contributed by atoms with Crippen LogP contribution in [0, 0.1) is 23.6 Å². The predicted octanol–water partition coefficient (Wildman–Crippen LogP) is 3.06. The molecular formula is C14H15FO2. The number of benzene rings is 1. The summed E-state index contributed by atoms with van der Waals surface area (Å²) in [6, 6.07) is 4.14. The van der Waals surface area contributed by atoms with Crippen LogP contribution in [-0.4, -0.2) is 12.9 Å². The fourth-order valence-corrected chi connectivity index (χ4v) is 3.02. The molecular weight excluding hydrogens is 219 g/mol. The van der Waals surface area contributed by atoms with Gasteiger partial charge in [-0.1, -0.05) is 0 Å². The van der Waals surface area contributed by atoms with Crippen LogP contribution < -0.4 is 4.74 Å². The molecule has 0 radical (unpaired) electrons. The van der Waals surface area contributed by atoms with E-state index in [4.69, 9.17) is 4.74 Å². The molecule has 3 rings (SSSR count). The lowest BCUT2D eigenvalue weighted by Gasteiger charge is -2.13. The van der Waals surface area contributed by atoms with E-state index in [0.29, 0.717) is 11.3 Å². The maximum absolute atomic E-state index is 13.2. The quantitative estimate of drug-likeness (QED) is 0.751. The topological polar surface area (TPSA) is 26.3 Å². The normalized spacial score (nSPS) is 29.9. The van der Waals surface area contributed by atoms with E-state index in [-0.39, 0.29) is 17.5 Å². The SMILES string of the molecule is COc1ccc(F)cc1C(=O)C1CC2CC2C1. The zero-order chi connectivity index (χ0) is 12.0. The van der Waals surface area contributed by atoms with Gasteiger partial charge in [0.25, 0.3) is 0 Å². The number of carbonyl (C=O) groups excluding carboxylic acids is 1. The van der Waals surface area contributed by atoms with Gasteiger partial charge in [0.1, 0.15) is 11.6 Å². The van der Waals surface area contributed by atoms with Gasteiger partial charge in [0.05, 0.1) is 12.7 Å². The first-order chi connectivity index (χ1) is 8.19. The molecule has 17 heavy (non-hydrogen) atoms. The van der Waals surface area contributed by atoms with Crippen LogP contribution in [0.15, 0.2) is 18.2 Å². The number of ketones is 1. The molecule has 2 nitrogen and oxygen atoms in total. The highest BCUT2D eigenvalue weighted by molar-refractivity contribution is 6.00. The Labute approximate surface area is 99.8 Å². The van der Waals surface area contributed by atoms with E-state index in [0.717, 1.165) is 24.7 Å². The second-order valence-corrected chi connectivity index (χ2v) is 5.13. The number of methoxy groups -OCH3 is 1. The first-order valence-corrected chi connectivity index (χ1v) is 6.07. The third kappa shape index (κ3) is 1.84. The Balaban J connectivity index is 1.87. The maximum atomic E-state index is 13.2. The minimum Gasteiger partial charge on any atom is -0.496 e. The first kappa shape index (κ1) is 10.8. The maximum Gasteiger partial charge on any atom is 0.169 e. The molecule has 90 valence electrons.